The van der Waals surface area contributed by atoms with Gasteiger partial charge in [-0.2, -0.15) is 0 Å². The molecule has 94 valence electrons. The predicted molar refractivity (Wildman–Crippen MR) is 90.0 cm³/mol. The highest BCUT2D eigenvalue weighted by Crippen LogP contribution is 2.44. The van der Waals surface area contributed by atoms with Crippen molar-refractivity contribution >= 4 is 76.6 Å². The SMILES string of the molecule is Clc1cc(Br)ccc1SSc1ccc(Br)cc1Cl. The van der Waals surface area contributed by atoms with E-state index in [9.17, 15) is 0 Å². The number of benzene rings is 2. The molecule has 0 saturated heterocycles. The molecule has 18 heavy (non-hydrogen) atoms. The quantitative estimate of drug-likeness (QED) is 0.455. The zero-order valence-electron chi connectivity index (χ0n) is 8.79. The first kappa shape index (κ1) is 15.1. The molecule has 0 aliphatic carbocycles. The number of halogens is 4. The lowest BCUT2D eigenvalue weighted by atomic mass is 10.4. The van der Waals surface area contributed by atoms with Crippen LogP contribution < -0.4 is 0 Å². The molecule has 0 N–H and O–H groups in total. The van der Waals surface area contributed by atoms with Crippen LogP contribution in [0.5, 0.6) is 0 Å². The van der Waals surface area contributed by atoms with Crippen molar-refractivity contribution < 1.29 is 0 Å². The molecule has 0 fully saturated rings. The van der Waals surface area contributed by atoms with Crippen LogP contribution in [0.3, 0.4) is 0 Å². The molecule has 0 radical (unpaired) electrons. The highest BCUT2D eigenvalue weighted by molar-refractivity contribution is 9.10. The molecule has 2 aromatic carbocycles. The number of hydrogen-bond donors (Lipinski definition) is 0. The molecular formula is C12H6Br2Cl2S2. The van der Waals surface area contributed by atoms with Crippen LogP contribution in [0.25, 0.3) is 0 Å². The van der Waals surface area contributed by atoms with Crippen LogP contribution in [0.15, 0.2) is 55.1 Å². The summed E-state index contributed by atoms with van der Waals surface area (Å²) in [6, 6.07) is 11.7. The van der Waals surface area contributed by atoms with Crippen LogP contribution in [-0.4, -0.2) is 0 Å². The Bertz CT molecular complexity index is 524. The lowest BCUT2D eigenvalue weighted by Crippen LogP contribution is -1.75. The molecule has 2 rings (SSSR count). The van der Waals surface area contributed by atoms with E-state index in [-0.39, 0.29) is 0 Å². The third-order valence-electron chi connectivity index (χ3n) is 2.01. The lowest BCUT2D eigenvalue weighted by molar-refractivity contribution is 1.44. The van der Waals surface area contributed by atoms with E-state index in [4.69, 9.17) is 23.2 Å². The van der Waals surface area contributed by atoms with E-state index in [1.54, 1.807) is 21.6 Å². The molecule has 2 aromatic rings. The minimum Gasteiger partial charge on any atom is -0.0830 e. The Morgan fingerprint density at radius 1 is 0.722 bits per heavy atom. The van der Waals surface area contributed by atoms with Gasteiger partial charge in [0, 0.05) is 18.7 Å². The molecule has 6 heteroatoms. The monoisotopic (exact) mass is 442 g/mol. The number of rotatable bonds is 3. The van der Waals surface area contributed by atoms with Crippen LogP contribution in [-0.2, 0) is 0 Å². The van der Waals surface area contributed by atoms with Crippen molar-refractivity contribution in [3.63, 3.8) is 0 Å². The summed E-state index contributed by atoms with van der Waals surface area (Å²) < 4.78 is 1.95. The zero-order chi connectivity index (χ0) is 13.1. The summed E-state index contributed by atoms with van der Waals surface area (Å²) in [5.74, 6) is 0. The molecule has 0 saturated carbocycles. The molecule has 0 heterocycles. The highest BCUT2D eigenvalue weighted by Gasteiger charge is 2.06. The topological polar surface area (TPSA) is 0 Å². The van der Waals surface area contributed by atoms with Gasteiger partial charge in [-0.25, -0.2) is 0 Å². The van der Waals surface area contributed by atoms with E-state index in [1.165, 1.54) is 0 Å². The Morgan fingerprint density at radius 2 is 1.11 bits per heavy atom. The fraction of sp³-hybridized carbons (Fsp3) is 0. The molecule has 0 spiro atoms. The van der Waals surface area contributed by atoms with E-state index in [2.05, 4.69) is 31.9 Å². The molecule has 0 aliphatic rings. The summed E-state index contributed by atoms with van der Waals surface area (Å²) in [4.78, 5) is 2.03. The van der Waals surface area contributed by atoms with Gasteiger partial charge in [0.25, 0.3) is 0 Å². The Hall–Kier alpha value is 0.680. The first-order valence-corrected chi connectivity index (χ1v) is 9.30. The first-order valence-electron chi connectivity index (χ1n) is 4.81. The summed E-state index contributed by atoms with van der Waals surface area (Å²) in [5.41, 5.74) is 0. The van der Waals surface area contributed by atoms with E-state index in [0.717, 1.165) is 28.8 Å². The van der Waals surface area contributed by atoms with E-state index < -0.39 is 0 Å². The van der Waals surface area contributed by atoms with Gasteiger partial charge in [-0.15, -0.1) is 0 Å². The maximum absolute atomic E-state index is 6.16. The van der Waals surface area contributed by atoms with Crippen molar-refractivity contribution in [2.24, 2.45) is 0 Å². The smallest absolute Gasteiger partial charge is 0.0561 e. The maximum Gasteiger partial charge on any atom is 0.0561 e. The van der Waals surface area contributed by atoms with Crippen molar-refractivity contribution in [1.29, 1.82) is 0 Å². The van der Waals surface area contributed by atoms with Crippen molar-refractivity contribution in [2.75, 3.05) is 0 Å². The van der Waals surface area contributed by atoms with Gasteiger partial charge in [0.05, 0.1) is 10.0 Å². The molecule has 0 bridgehead atoms. The largest absolute Gasteiger partial charge is 0.0830 e. The van der Waals surface area contributed by atoms with Gasteiger partial charge in [-0.1, -0.05) is 76.6 Å². The minimum absolute atomic E-state index is 0.732. The lowest BCUT2D eigenvalue weighted by Gasteiger charge is -2.06. The molecule has 0 amide bonds. The van der Waals surface area contributed by atoms with Gasteiger partial charge in [0.1, 0.15) is 0 Å². The average molecular weight is 445 g/mol. The summed E-state index contributed by atoms with van der Waals surface area (Å²) >= 11 is 19.1. The van der Waals surface area contributed by atoms with E-state index in [0.29, 0.717) is 0 Å². The van der Waals surface area contributed by atoms with Crippen LogP contribution >= 0.6 is 76.6 Å². The second-order valence-electron chi connectivity index (χ2n) is 3.32. The molecule has 0 nitrogen and oxygen atoms in total. The molecule has 0 aromatic heterocycles. The fourth-order valence-corrected chi connectivity index (χ4v) is 5.14. The van der Waals surface area contributed by atoms with Crippen molar-refractivity contribution in [1.82, 2.24) is 0 Å². The van der Waals surface area contributed by atoms with Crippen LogP contribution in [0.2, 0.25) is 10.0 Å². The van der Waals surface area contributed by atoms with Gasteiger partial charge in [0.15, 0.2) is 0 Å². The Kier molecular flexibility index (Phi) is 5.79. The van der Waals surface area contributed by atoms with Gasteiger partial charge in [-0.05, 0) is 36.4 Å². The van der Waals surface area contributed by atoms with E-state index >= 15 is 0 Å². The Labute approximate surface area is 140 Å². The van der Waals surface area contributed by atoms with Crippen LogP contribution in [0, 0.1) is 0 Å². The summed E-state index contributed by atoms with van der Waals surface area (Å²) in [6.07, 6.45) is 0. The Morgan fingerprint density at radius 3 is 1.44 bits per heavy atom. The maximum atomic E-state index is 6.16. The molecular weight excluding hydrogens is 439 g/mol. The highest BCUT2D eigenvalue weighted by atomic mass is 79.9. The minimum atomic E-state index is 0.732. The van der Waals surface area contributed by atoms with Gasteiger partial charge >= 0.3 is 0 Å². The number of hydrogen-bond acceptors (Lipinski definition) is 2. The summed E-state index contributed by atoms with van der Waals surface area (Å²) in [7, 11) is 3.19. The zero-order valence-corrected chi connectivity index (χ0v) is 15.1. The van der Waals surface area contributed by atoms with Crippen molar-refractivity contribution in [2.45, 2.75) is 9.79 Å². The van der Waals surface area contributed by atoms with E-state index in [1.807, 2.05) is 36.4 Å². The van der Waals surface area contributed by atoms with Gasteiger partial charge < -0.3 is 0 Å². The van der Waals surface area contributed by atoms with Crippen LogP contribution in [0.1, 0.15) is 0 Å². The second kappa shape index (κ2) is 6.91. The average Bonchev–Trinajstić information content (AvgIpc) is 2.30. The van der Waals surface area contributed by atoms with Gasteiger partial charge in [-0.3, -0.25) is 0 Å². The predicted octanol–water partition coefficient (Wildman–Crippen LogP) is 7.32. The van der Waals surface area contributed by atoms with Gasteiger partial charge in [0.2, 0.25) is 0 Å². The molecule has 0 atom stereocenters. The summed E-state index contributed by atoms with van der Waals surface area (Å²) in [6.45, 7) is 0. The van der Waals surface area contributed by atoms with Crippen molar-refractivity contribution in [3.05, 3.63) is 55.4 Å². The standard InChI is InChI=1S/C12H6Br2Cl2S2/c13-7-1-3-11(9(15)5-7)17-18-12-4-2-8(14)6-10(12)16/h1-6H. The summed E-state index contributed by atoms with van der Waals surface area (Å²) in [5, 5.41) is 1.46. The Balaban J connectivity index is 2.11. The molecule has 0 unspecified atom stereocenters. The van der Waals surface area contributed by atoms with Crippen molar-refractivity contribution in [3.8, 4) is 0 Å². The van der Waals surface area contributed by atoms with Crippen LogP contribution in [0.4, 0.5) is 0 Å². The third kappa shape index (κ3) is 4.09. The normalized spacial score (nSPS) is 10.7. The fourth-order valence-electron chi connectivity index (χ4n) is 1.18. The molecule has 0 aliphatic heterocycles. The first-order chi connectivity index (χ1) is 8.56. The second-order valence-corrected chi connectivity index (χ2v) is 8.17. The third-order valence-corrected chi connectivity index (χ3v) is 6.33.